The predicted molar refractivity (Wildman–Crippen MR) is 120 cm³/mol. The fourth-order valence-corrected chi connectivity index (χ4v) is 3.70. The summed E-state index contributed by atoms with van der Waals surface area (Å²) in [5.74, 6) is 0.560. The topological polar surface area (TPSA) is 110 Å². The van der Waals surface area contributed by atoms with Crippen LogP contribution in [-0.4, -0.2) is 37.0 Å². The smallest absolute Gasteiger partial charge is 0.410 e. The lowest BCUT2D eigenvalue weighted by Gasteiger charge is -2.22. The first-order valence-corrected chi connectivity index (χ1v) is 11.2. The van der Waals surface area contributed by atoms with E-state index in [4.69, 9.17) is 25.8 Å². The zero-order chi connectivity index (χ0) is 23.3. The molecule has 2 N–H and O–H groups in total. The number of nitrogens with zero attached hydrogens (tertiary/aromatic N) is 1. The van der Waals surface area contributed by atoms with Crippen LogP contribution in [-0.2, 0) is 11.2 Å². The lowest BCUT2D eigenvalue weighted by atomic mass is 10.1. The van der Waals surface area contributed by atoms with E-state index in [1.807, 2.05) is 6.07 Å². The number of nitrogens with one attached hydrogen (secondary N) is 2. The van der Waals surface area contributed by atoms with Crippen molar-refractivity contribution < 1.29 is 23.8 Å². The third-order valence-electron chi connectivity index (χ3n) is 5.45. The number of hydrogen-bond donors (Lipinski definition) is 2. The van der Waals surface area contributed by atoms with Crippen LogP contribution in [0.3, 0.4) is 0 Å². The van der Waals surface area contributed by atoms with Crippen molar-refractivity contribution in [3.05, 3.63) is 58.6 Å². The summed E-state index contributed by atoms with van der Waals surface area (Å²) in [6, 6.07) is 14.2. The first-order chi connectivity index (χ1) is 16.0. The summed E-state index contributed by atoms with van der Waals surface area (Å²) >= 11 is 6.36. The van der Waals surface area contributed by atoms with Crippen LogP contribution in [0, 0.1) is 11.3 Å². The molecule has 2 aromatic carbocycles. The molecule has 172 valence electrons. The van der Waals surface area contributed by atoms with Gasteiger partial charge in [-0.15, -0.1) is 0 Å². The number of carbonyl (C=O) groups is 2. The van der Waals surface area contributed by atoms with Crippen LogP contribution in [0.15, 0.2) is 42.5 Å². The van der Waals surface area contributed by atoms with Gasteiger partial charge in [-0.1, -0.05) is 29.8 Å². The lowest BCUT2D eigenvalue weighted by molar-refractivity contribution is 0.0621. The van der Waals surface area contributed by atoms with E-state index < -0.39 is 23.8 Å². The van der Waals surface area contributed by atoms with Crippen LogP contribution in [0.2, 0.25) is 5.02 Å². The molecule has 0 saturated heterocycles. The maximum atomic E-state index is 13.1. The molecule has 8 nitrogen and oxygen atoms in total. The average Bonchev–Trinajstić information content (AvgIpc) is 3.56. The summed E-state index contributed by atoms with van der Waals surface area (Å²) in [6.07, 6.45) is 1.02. The predicted octanol–water partition coefficient (Wildman–Crippen LogP) is 3.97. The Labute approximate surface area is 196 Å². The summed E-state index contributed by atoms with van der Waals surface area (Å²) < 4.78 is 17.1. The minimum absolute atomic E-state index is 0.168. The molecule has 2 amide bonds. The highest BCUT2D eigenvalue weighted by atomic mass is 35.5. The third-order valence-corrected chi connectivity index (χ3v) is 5.74. The number of amides is 2. The highest BCUT2D eigenvalue weighted by molar-refractivity contribution is 6.32. The van der Waals surface area contributed by atoms with E-state index in [1.54, 1.807) is 36.4 Å². The van der Waals surface area contributed by atoms with Crippen molar-refractivity contribution in [2.75, 3.05) is 13.2 Å². The molecule has 2 aliphatic heterocycles. The van der Waals surface area contributed by atoms with Crippen LogP contribution in [0.1, 0.15) is 41.6 Å². The fraction of sp³-hybridized carbons (Fsp3) is 0.375. The molecule has 2 bridgehead atoms. The number of alkyl carbamates (subject to hydrolysis) is 1. The maximum Gasteiger partial charge on any atom is 0.410 e. The second-order valence-electron chi connectivity index (χ2n) is 8.06. The Hall–Kier alpha value is -3.44. The molecule has 0 aromatic heterocycles. The second-order valence-corrected chi connectivity index (χ2v) is 8.46. The second kappa shape index (κ2) is 10.0. The number of hydrogen-bond acceptors (Lipinski definition) is 6. The molecule has 1 saturated carbocycles. The summed E-state index contributed by atoms with van der Waals surface area (Å²) in [5.41, 5.74) is 0.185. The van der Waals surface area contributed by atoms with Gasteiger partial charge in [0.1, 0.15) is 17.0 Å². The van der Waals surface area contributed by atoms with E-state index in [2.05, 4.69) is 16.7 Å². The standard InChI is InChI=1S/C24H24ClN3O5/c25-18-13-16-7-8-20(18)32-12-4-3-11-31-19-6-2-1-5-17(19)22(29)27-21(14-16)33-23(30)28-24(15-26)9-10-24/h1-2,5-8,13,21H,3-4,9-12,14H2,(H,27,29)(H,28,30)/t21-/m0/s1. The van der Waals surface area contributed by atoms with Gasteiger partial charge in [0.2, 0.25) is 0 Å². The molecule has 3 aliphatic rings. The Bertz CT molecular complexity index is 1080. The van der Waals surface area contributed by atoms with Gasteiger partial charge in [-0.25, -0.2) is 4.79 Å². The Balaban J connectivity index is 1.58. The maximum absolute atomic E-state index is 13.1. The molecule has 1 aliphatic carbocycles. The Morgan fingerprint density at radius 3 is 2.58 bits per heavy atom. The SMILES string of the molecule is N#CC1(NC(=O)O[C@H]2Cc3ccc(c(Cl)c3)OCCCCOc3ccccc3C(=O)N2)CC1. The van der Waals surface area contributed by atoms with Crippen molar-refractivity contribution in [1.82, 2.24) is 10.6 Å². The van der Waals surface area contributed by atoms with Gasteiger partial charge in [-0.3, -0.25) is 4.79 Å². The van der Waals surface area contributed by atoms with Gasteiger partial charge in [-0.05, 0) is 55.5 Å². The normalized spacial score (nSPS) is 19.6. The van der Waals surface area contributed by atoms with Crippen molar-refractivity contribution in [1.29, 1.82) is 5.26 Å². The number of benzene rings is 2. The number of carbonyl (C=O) groups excluding carboxylic acids is 2. The van der Waals surface area contributed by atoms with Gasteiger partial charge < -0.3 is 24.8 Å². The zero-order valence-corrected chi connectivity index (χ0v) is 18.7. The molecule has 2 heterocycles. The molecule has 0 radical (unpaired) electrons. The Morgan fingerprint density at radius 2 is 1.88 bits per heavy atom. The summed E-state index contributed by atoms with van der Waals surface area (Å²) in [7, 11) is 0. The van der Waals surface area contributed by atoms with E-state index in [-0.39, 0.29) is 6.42 Å². The van der Waals surface area contributed by atoms with E-state index in [0.717, 1.165) is 18.4 Å². The van der Waals surface area contributed by atoms with Crippen LogP contribution < -0.4 is 20.1 Å². The fourth-order valence-electron chi connectivity index (χ4n) is 3.44. The van der Waals surface area contributed by atoms with E-state index >= 15 is 0 Å². The molecule has 1 fully saturated rings. The molecule has 5 rings (SSSR count). The number of para-hydroxylation sites is 1. The summed E-state index contributed by atoms with van der Waals surface area (Å²) in [4.78, 5) is 25.5. The van der Waals surface area contributed by atoms with Gasteiger partial charge >= 0.3 is 6.09 Å². The first kappa shape index (κ1) is 22.7. The van der Waals surface area contributed by atoms with Gasteiger partial charge in [0.25, 0.3) is 5.91 Å². The zero-order valence-electron chi connectivity index (χ0n) is 17.9. The van der Waals surface area contributed by atoms with Gasteiger partial charge in [0.15, 0.2) is 6.23 Å². The molecule has 1 atom stereocenters. The number of halogens is 1. The molecule has 0 spiro atoms. The highest BCUT2D eigenvalue weighted by Gasteiger charge is 2.45. The van der Waals surface area contributed by atoms with Crippen LogP contribution in [0.25, 0.3) is 0 Å². The van der Waals surface area contributed by atoms with E-state index in [0.29, 0.717) is 48.1 Å². The number of rotatable bonds is 2. The Morgan fingerprint density at radius 1 is 1.15 bits per heavy atom. The van der Waals surface area contributed by atoms with Crippen LogP contribution in [0.5, 0.6) is 11.5 Å². The Kier molecular flexibility index (Phi) is 6.90. The van der Waals surface area contributed by atoms with Gasteiger partial charge in [0.05, 0.1) is 29.9 Å². The number of nitriles is 1. The van der Waals surface area contributed by atoms with Crippen molar-refractivity contribution >= 4 is 23.6 Å². The highest BCUT2D eigenvalue weighted by Crippen LogP contribution is 2.34. The van der Waals surface area contributed by atoms with Crippen LogP contribution in [0.4, 0.5) is 4.79 Å². The van der Waals surface area contributed by atoms with E-state index in [9.17, 15) is 14.9 Å². The summed E-state index contributed by atoms with van der Waals surface area (Å²) in [5, 5.41) is 15.0. The monoisotopic (exact) mass is 469 g/mol. The first-order valence-electron chi connectivity index (χ1n) is 10.8. The molecule has 0 unspecified atom stereocenters. The van der Waals surface area contributed by atoms with E-state index in [1.165, 1.54) is 0 Å². The van der Waals surface area contributed by atoms with Crippen molar-refractivity contribution in [3.8, 4) is 17.6 Å². The minimum Gasteiger partial charge on any atom is -0.493 e. The van der Waals surface area contributed by atoms with Crippen LogP contribution >= 0.6 is 11.6 Å². The third kappa shape index (κ3) is 5.88. The summed E-state index contributed by atoms with van der Waals surface area (Å²) in [6.45, 7) is 0.899. The quantitative estimate of drug-likeness (QED) is 0.688. The van der Waals surface area contributed by atoms with Crippen molar-refractivity contribution in [2.24, 2.45) is 0 Å². The van der Waals surface area contributed by atoms with Gasteiger partial charge in [-0.2, -0.15) is 5.26 Å². The average molecular weight is 470 g/mol. The minimum atomic E-state index is -1.00. The number of ether oxygens (including phenoxy) is 3. The van der Waals surface area contributed by atoms with Crippen molar-refractivity contribution in [3.63, 3.8) is 0 Å². The van der Waals surface area contributed by atoms with Gasteiger partial charge in [0, 0.05) is 6.42 Å². The molecular weight excluding hydrogens is 446 g/mol. The largest absolute Gasteiger partial charge is 0.493 e. The number of fused-ring (bicyclic) bond motifs is 10. The lowest BCUT2D eigenvalue weighted by Crippen LogP contribution is -2.45. The molecule has 9 heteroatoms. The molecule has 2 aromatic rings. The van der Waals surface area contributed by atoms with Crippen molar-refractivity contribution in [2.45, 2.75) is 43.9 Å². The molecule has 33 heavy (non-hydrogen) atoms. The molecular formula is C24H24ClN3O5.